The van der Waals surface area contributed by atoms with Crippen molar-refractivity contribution in [3.8, 4) is 5.75 Å². The van der Waals surface area contributed by atoms with Gasteiger partial charge in [-0.2, -0.15) is 4.31 Å². The number of hydrogen-bond acceptors (Lipinski definition) is 5. The summed E-state index contributed by atoms with van der Waals surface area (Å²) in [5, 5.41) is 5.53. The Balaban J connectivity index is 1.53. The van der Waals surface area contributed by atoms with E-state index in [1.807, 2.05) is 19.1 Å². The number of anilines is 1. The molecule has 0 aromatic heterocycles. The van der Waals surface area contributed by atoms with Gasteiger partial charge in [-0.1, -0.05) is 22.9 Å². The topological polar surface area (TPSA) is 87.7 Å². The van der Waals surface area contributed by atoms with Crippen LogP contribution in [0, 0.1) is 12.8 Å². The second-order valence-electron chi connectivity index (χ2n) is 7.94. The molecule has 0 saturated carbocycles. The maximum Gasteiger partial charge on any atom is 0.264 e. The molecule has 2 aromatic rings. The summed E-state index contributed by atoms with van der Waals surface area (Å²) in [6.45, 7) is 4.88. The summed E-state index contributed by atoms with van der Waals surface area (Å²) in [6, 6.07) is 10.0. The zero-order valence-corrected chi connectivity index (χ0v) is 23.0. The minimum Gasteiger partial charge on any atom is -0.482 e. The fourth-order valence-corrected chi connectivity index (χ4v) is 6.67. The Hall–Kier alpha value is -1.53. The Morgan fingerprint density at radius 1 is 1.18 bits per heavy atom. The molecule has 0 aliphatic carbocycles. The maximum absolute atomic E-state index is 12.8. The third kappa shape index (κ3) is 6.98. The van der Waals surface area contributed by atoms with E-state index in [0.717, 1.165) is 27.4 Å². The van der Waals surface area contributed by atoms with Gasteiger partial charge in [0.15, 0.2) is 11.7 Å². The number of piperidine rings is 1. The molecule has 2 N–H and O–H groups in total. The van der Waals surface area contributed by atoms with Crippen molar-refractivity contribution in [1.29, 1.82) is 0 Å². The quantitative estimate of drug-likeness (QED) is 0.451. The first-order valence-electron chi connectivity index (χ1n) is 10.4. The molecule has 3 rings (SSSR count). The lowest BCUT2D eigenvalue weighted by atomic mass is 10.0. The van der Waals surface area contributed by atoms with Crippen LogP contribution in [-0.2, 0) is 14.8 Å². The van der Waals surface area contributed by atoms with Crippen LogP contribution >= 0.6 is 44.1 Å². The van der Waals surface area contributed by atoms with Crippen LogP contribution in [0.4, 0.5) is 5.69 Å². The van der Waals surface area contributed by atoms with Gasteiger partial charge in [0.25, 0.3) is 5.91 Å². The maximum atomic E-state index is 12.8. The van der Waals surface area contributed by atoms with Gasteiger partial charge in [0.1, 0.15) is 5.75 Å². The molecule has 1 heterocycles. The van der Waals surface area contributed by atoms with Crippen molar-refractivity contribution < 1.29 is 17.9 Å². The van der Waals surface area contributed by atoms with Gasteiger partial charge in [-0.25, -0.2) is 8.42 Å². The van der Waals surface area contributed by atoms with E-state index in [2.05, 4.69) is 49.4 Å². The van der Waals surface area contributed by atoms with Crippen LogP contribution in [0.1, 0.15) is 25.3 Å². The zero-order chi connectivity index (χ0) is 24.2. The number of sulfonamides is 1. The summed E-state index contributed by atoms with van der Waals surface area (Å²) >= 11 is 12.0. The third-order valence-corrected chi connectivity index (χ3v) is 8.45. The number of amides is 1. The van der Waals surface area contributed by atoms with Crippen LogP contribution in [0.2, 0.25) is 0 Å². The van der Waals surface area contributed by atoms with Gasteiger partial charge in [-0.3, -0.25) is 10.1 Å². The predicted molar refractivity (Wildman–Crippen MR) is 140 cm³/mol. The van der Waals surface area contributed by atoms with E-state index in [1.54, 1.807) is 12.1 Å². The molecule has 178 valence electrons. The summed E-state index contributed by atoms with van der Waals surface area (Å²) in [4.78, 5) is 12.5. The largest absolute Gasteiger partial charge is 0.482 e. The van der Waals surface area contributed by atoms with Crippen molar-refractivity contribution >= 4 is 70.8 Å². The average Bonchev–Trinajstić information content (AvgIpc) is 2.73. The summed E-state index contributed by atoms with van der Waals surface area (Å²) in [5.74, 6) is 0.706. The average molecular weight is 619 g/mol. The summed E-state index contributed by atoms with van der Waals surface area (Å²) in [5.41, 5.74) is 1.44. The number of hydrogen-bond donors (Lipinski definition) is 2. The van der Waals surface area contributed by atoms with Gasteiger partial charge in [-0.05, 0) is 95.8 Å². The monoisotopic (exact) mass is 617 g/mol. The van der Waals surface area contributed by atoms with Gasteiger partial charge < -0.3 is 10.1 Å². The van der Waals surface area contributed by atoms with Gasteiger partial charge in [0, 0.05) is 23.2 Å². The van der Waals surface area contributed by atoms with Crippen LogP contribution in [0.25, 0.3) is 0 Å². The van der Waals surface area contributed by atoms with E-state index in [1.165, 1.54) is 16.4 Å². The Morgan fingerprint density at radius 3 is 2.42 bits per heavy atom. The Labute approximate surface area is 216 Å². The number of carbonyl (C=O) groups is 1. The molecule has 0 bridgehead atoms. The van der Waals surface area contributed by atoms with Gasteiger partial charge in [0.05, 0.1) is 9.37 Å². The van der Waals surface area contributed by atoms with E-state index < -0.39 is 15.9 Å². The standard InChI is InChI=1S/C22H25Br2N3O4S2/c1-14-7-9-27(10-8-14)33(29,30)18-5-3-17(4-6-18)25-22(32)26-20(28)13-31-21-15(2)11-16(23)12-19(21)24/h3-6,11-12,14H,7-10,13H2,1-2H3,(H2,25,26,28,32). The Kier molecular flexibility index (Phi) is 8.90. The lowest BCUT2D eigenvalue weighted by Crippen LogP contribution is -2.38. The molecule has 1 saturated heterocycles. The summed E-state index contributed by atoms with van der Waals surface area (Å²) < 4.78 is 34.4. The van der Waals surface area contributed by atoms with Crippen molar-refractivity contribution in [1.82, 2.24) is 9.62 Å². The first kappa shape index (κ1) is 26.1. The first-order valence-corrected chi connectivity index (χ1v) is 13.8. The highest BCUT2D eigenvalue weighted by atomic mass is 79.9. The molecular weight excluding hydrogens is 594 g/mol. The number of thiocarbonyl (C=S) groups is 1. The Morgan fingerprint density at radius 2 is 1.82 bits per heavy atom. The lowest BCUT2D eigenvalue weighted by molar-refractivity contribution is -0.121. The molecule has 0 radical (unpaired) electrons. The van der Waals surface area contributed by atoms with Crippen molar-refractivity contribution in [2.75, 3.05) is 25.0 Å². The molecule has 1 aliphatic heterocycles. The van der Waals surface area contributed by atoms with E-state index in [4.69, 9.17) is 17.0 Å². The van der Waals surface area contributed by atoms with Crippen molar-refractivity contribution in [3.63, 3.8) is 0 Å². The van der Waals surface area contributed by atoms with E-state index in [0.29, 0.717) is 30.4 Å². The van der Waals surface area contributed by atoms with E-state index >= 15 is 0 Å². The number of nitrogens with one attached hydrogen (secondary N) is 2. The van der Waals surface area contributed by atoms with E-state index in [9.17, 15) is 13.2 Å². The van der Waals surface area contributed by atoms with Gasteiger partial charge in [-0.15, -0.1) is 0 Å². The second-order valence-corrected chi connectivity index (χ2v) is 12.1. The lowest BCUT2D eigenvalue weighted by Gasteiger charge is -2.29. The molecule has 2 aromatic carbocycles. The molecule has 0 spiro atoms. The molecule has 1 aliphatic rings. The van der Waals surface area contributed by atoms with Crippen LogP contribution < -0.4 is 15.4 Å². The fourth-order valence-electron chi connectivity index (χ4n) is 3.42. The summed E-state index contributed by atoms with van der Waals surface area (Å²) in [7, 11) is -3.51. The van der Waals surface area contributed by atoms with Crippen molar-refractivity contribution in [2.24, 2.45) is 5.92 Å². The molecule has 0 unspecified atom stereocenters. The number of aryl methyl sites for hydroxylation is 1. The summed E-state index contributed by atoms with van der Waals surface area (Å²) in [6.07, 6.45) is 1.74. The number of benzene rings is 2. The van der Waals surface area contributed by atoms with Gasteiger partial charge in [0.2, 0.25) is 10.0 Å². The van der Waals surface area contributed by atoms with Crippen LogP contribution in [-0.4, -0.2) is 43.4 Å². The van der Waals surface area contributed by atoms with Crippen LogP contribution in [0.15, 0.2) is 50.2 Å². The highest BCUT2D eigenvalue weighted by Gasteiger charge is 2.27. The van der Waals surface area contributed by atoms with Crippen LogP contribution in [0.5, 0.6) is 5.75 Å². The molecule has 11 heteroatoms. The number of carbonyl (C=O) groups excluding carboxylic acids is 1. The zero-order valence-electron chi connectivity index (χ0n) is 18.2. The number of ether oxygens (including phenoxy) is 1. The minimum absolute atomic E-state index is 0.0934. The fraction of sp³-hybridized carbons (Fsp3) is 0.364. The molecule has 7 nitrogen and oxygen atoms in total. The smallest absolute Gasteiger partial charge is 0.264 e. The highest BCUT2D eigenvalue weighted by molar-refractivity contribution is 9.11. The second kappa shape index (κ2) is 11.3. The SMILES string of the molecule is Cc1cc(Br)cc(Br)c1OCC(=O)NC(=S)Nc1ccc(S(=O)(=O)N2CCC(C)CC2)cc1. The Bertz CT molecular complexity index is 1110. The van der Waals surface area contributed by atoms with Gasteiger partial charge >= 0.3 is 0 Å². The molecule has 1 amide bonds. The van der Waals surface area contributed by atoms with E-state index in [-0.39, 0.29) is 16.6 Å². The minimum atomic E-state index is -3.51. The van der Waals surface area contributed by atoms with Crippen molar-refractivity contribution in [3.05, 3.63) is 50.9 Å². The highest BCUT2D eigenvalue weighted by Crippen LogP contribution is 2.32. The number of halogens is 2. The first-order chi connectivity index (χ1) is 15.6. The number of nitrogens with zero attached hydrogens (tertiary/aromatic N) is 1. The third-order valence-electron chi connectivity index (χ3n) is 5.29. The molecule has 33 heavy (non-hydrogen) atoms. The van der Waals surface area contributed by atoms with Crippen LogP contribution in [0.3, 0.4) is 0 Å². The molecule has 1 fully saturated rings. The predicted octanol–water partition coefficient (Wildman–Crippen LogP) is 4.83. The van der Waals surface area contributed by atoms with Crippen molar-refractivity contribution in [2.45, 2.75) is 31.6 Å². The molecular formula is C22H25Br2N3O4S2. The number of rotatable bonds is 6. The molecule has 0 atom stereocenters. The normalized spacial score (nSPS) is 15.2.